The number of nitrogens with two attached hydrogens (primary N) is 1. The minimum Gasteiger partial charge on any atom is -0.329 e. The van der Waals surface area contributed by atoms with E-state index in [1.54, 1.807) is 0 Å². The van der Waals surface area contributed by atoms with Gasteiger partial charge in [0.1, 0.15) is 0 Å². The topological polar surface area (TPSA) is 107 Å². The van der Waals surface area contributed by atoms with Crippen LogP contribution < -0.4 is 5.73 Å². The van der Waals surface area contributed by atoms with Crippen molar-refractivity contribution in [3.8, 4) is 0 Å². The Labute approximate surface area is 129 Å². The first kappa shape index (κ1) is 17.8. The van der Waals surface area contributed by atoms with Crippen LogP contribution in [0, 0.1) is 10.1 Å². The highest BCUT2D eigenvalue weighted by Crippen LogP contribution is 2.23. The Morgan fingerprint density at radius 2 is 1.95 bits per heavy atom. The van der Waals surface area contributed by atoms with Gasteiger partial charge in [-0.15, -0.1) is 12.4 Å². The molecule has 2 N–H and O–H groups in total. The lowest BCUT2D eigenvalue weighted by molar-refractivity contribution is -0.384. The molecule has 2 rings (SSSR count). The van der Waals surface area contributed by atoms with E-state index in [1.807, 2.05) is 0 Å². The summed E-state index contributed by atoms with van der Waals surface area (Å²) in [5, 5.41) is 10.6. The molecule has 0 amide bonds. The Morgan fingerprint density at radius 1 is 1.33 bits per heavy atom. The standard InChI is InChI=1S/C12H17N3O4S.ClH/c13-8-12-2-1-7-14(12)20(18,19)9-10-3-5-11(6-4-10)15(16)17;/h3-6,12H,1-2,7-9,13H2;1H. The Kier molecular flexibility index (Phi) is 6.09. The van der Waals surface area contributed by atoms with Crippen molar-refractivity contribution in [3.63, 3.8) is 0 Å². The van der Waals surface area contributed by atoms with Gasteiger partial charge in [-0.25, -0.2) is 8.42 Å². The Balaban J connectivity index is 0.00000220. The van der Waals surface area contributed by atoms with Crippen molar-refractivity contribution < 1.29 is 13.3 Å². The molecule has 1 unspecified atom stereocenters. The fourth-order valence-corrected chi connectivity index (χ4v) is 4.25. The minimum atomic E-state index is -3.42. The number of nitrogens with zero attached hydrogens (tertiary/aromatic N) is 2. The molecule has 1 heterocycles. The van der Waals surface area contributed by atoms with E-state index in [9.17, 15) is 18.5 Å². The van der Waals surface area contributed by atoms with Crippen LogP contribution in [-0.4, -0.2) is 36.8 Å². The first-order valence-corrected chi connectivity index (χ1v) is 7.98. The van der Waals surface area contributed by atoms with Crippen molar-refractivity contribution in [2.75, 3.05) is 13.1 Å². The smallest absolute Gasteiger partial charge is 0.269 e. The molecule has 0 bridgehead atoms. The van der Waals surface area contributed by atoms with Crippen LogP contribution in [0.3, 0.4) is 0 Å². The SMILES string of the molecule is Cl.NCC1CCCN1S(=O)(=O)Cc1ccc([N+](=O)[O-])cc1. The number of nitro groups is 1. The first-order chi connectivity index (χ1) is 9.44. The molecule has 0 aromatic heterocycles. The summed E-state index contributed by atoms with van der Waals surface area (Å²) < 4.78 is 26.1. The molecule has 1 atom stereocenters. The minimum absolute atomic E-state index is 0. The van der Waals surface area contributed by atoms with Gasteiger partial charge in [0.25, 0.3) is 5.69 Å². The van der Waals surface area contributed by atoms with Crippen LogP contribution in [0.1, 0.15) is 18.4 Å². The molecule has 0 aliphatic carbocycles. The van der Waals surface area contributed by atoms with Gasteiger partial charge in [0.2, 0.25) is 10.0 Å². The highest BCUT2D eigenvalue weighted by molar-refractivity contribution is 7.88. The Hall–Kier alpha value is -1.22. The van der Waals surface area contributed by atoms with E-state index in [4.69, 9.17) is 5.73 Å². The number of halogens is 1. The van der Waals surface area contributed by atoms with E-state index in [2.05, 4.69) is 0 Å². The first-order valence-electron chi connectivity index (χ1n) is 6.37. The van der Waals surface area contributed by atoms with Gasteiger partial charge in [0.05, 0.1) is 10.7 Å². The molecule has 1 aliphatic heterocycles. The van der Waals surface area contributed by atoms with Crippen molar-refractivity contribution in [2.45, 2.75) is 24.6 Å². The maximum absolute atomic E-state index is 12.3. The summed E-state index contributed by atoms with van der Waals surface area (Å²) in [6.07, 6.45) is 1.61. The lowest BCUT2D eigenvalue weighted by Gasteiger charge is -2.22. The lowest BCUT2D eigenvalue weighted by atomic mass is 10.2. The number of hydrogen-bond donors (Lipinski definition) is 1. The molecule has 1 saturated heterocycles. The summed E-state index contributed by atoms with van der Waals surface area (Å²) in [4.78, 5) is 10.0. The normalized spacial score (nSPS) is 19.2. The summed E-state index contributed by atoms with van der Waals surface area (Å²) in [7, 11) is -3.42. The third-order valence-electron chi connectivity index (χ3n) is 3.45. The monoisotopic (exact) mass is 335 g/mol. The van der Waals surface area contributed by atoms with Gasteiger partial charge in [-0.05, 0) is 18.4 Å². The highest BCUT2D eigenvalue weighted by atomic mass is 35.5. The van der Waals surface area contributed by atoms with Crippen LogP contribution in [0.25, 0.3) is 0 Å². The number of rotatable bonds is 5. The average Bonchev–Trinajstić information content (AvgIpc) is 2.88. The van der Waals surface area contributed by atoms with Crippen LogP contribution in [0.15, 0.2) is 24.3 Å². The van der Waals surface area contributed by atoms with Crippen molar-refractivity contribution in [2.24, 2.45) is 5.73 Å². The van der Waals surface area contributed by atoms with Gasteiger partial charge in [0.15, 0.2) is 0 Å². The van der Waals surface area contributed by atoms with Crippen LogP contribution >= 0.6 is 12.4 Å². The molecule has 1 aliphatic rings. The third kappa shape index (κ3) is 4.13. The van der Waals surface area contributed by atoms with Crippen LogP contribution in [0.2, 0.25) is 0 Å². The predicted molar refractivity (Wildman–Crippen MR) is 81.8 cm³/mol. The zero-order valence-electron chi connectivity index (χ0n) is 11.3. The van der Waals surface area contributed by atoms with Crippen molar-refractivity contribution in [1.29, 1.82) is 0 Å². The molecule has 9 heteroatoms. The number of hydrogen-bond acceptors (Lipinski definition) is 5. The molecule has 118 valence electrons. The largest absolute Gasteiger partial charge is 0.329 e. The molecular formula is C12H18ClN3O4S. The molecule has 0 radical (unpaired) electrons. The average molecular weight is 336 g/mol. The van der Waals surface area contributed by atoms with Gasteiger partial charge < -0.3 is 5.73 Å². The zero-order valence-corrected chi connectivity index (χ0v) is 13.0. The Morgan fingerprint density at radius 3 is 2.48 bits per heavy atom. The van der Waals surface area contributed by atoms with E-state index >= 15 is 0 Å². The van der Waals surface area contributed by atoms with Gasteiger partial charge >= 0.3 is 0 Å². The molecule has 0 saturated carbocycles. The number of non-ortho nitro benzene ring substituents is 1. The second kappa shape index (κ2) is 7.17. The van der Waals surface area contributed by atoms with Crippen molar-refractivity contribution >= 4 is 28.1 Å². The third-order valence-corrected chi connectivity index (χ3v) is 5.34. The molecule has 1 fully saturated rings. The molecule has 7 nitrogen and oxygen atoms in total. The van der Waals surface area contributed by atoms with Crippen LogP contribution in [0.5, 0.6) is 0 Å². The van der Waals surface area contributed by atoms with E-state index in [1.165, 1.54) is 28.6 Å². The van der Waals surface area contributed by atoms with Crippen molar-refractivity contribution in [1.82, 2.24) is 4.31 Å². The molecule has 1 aromatic rings. The van der Waals surface area contributed by atoms with Gasteiger partial charge in [0, 0.05) is 31.3 Å². The van der Waals surface area contributed by atoms with Crippen molar-refractivity contribution in [3.05, 3.63) is 39.9 Å². The van der Waals surface area contributed by atoms with E-state index in [-0.39, 0.29) is 29.9 Å². The van der Waals surface area contributed by atoms with E-state index < -0.39 is 14.9 Å². The summed E-state index contributed by atoms with van der Waals surface area (Å²) >= 11 is 0. The number of benzene rings is 1. The van der Waals surface area contributed by atoms with E-state index in [0.29, 0.717) is 18.7 Å². The van der Waals surface area contributed by atoms with Crippen LogP contribution in [0.4, 0.5) is 5.69 Å². The molecule has 21 heavy (non-hydrogen) atoms. The highest BCUT2D eigenvalue weighted by Gasteiger charge is 2.33. The maximum atomic E-state index is 12.3. The van der Waals surface area contributed by atoms with Gasteiger partial charge in [-0.3, -0.25) is 10.1 Å². The molecule has 0 spiro atoms. The summed E-state index contributed by atoms with van der Waals surface area (Å²) in [6, 6.07) is 5.45. The predicted octanol–water partition coefficient (Wildman–Crippen LogP) is 1.27. The Bertz CT molecular complexity index is 591. The zero-order chi connectivity index (χ0) is 14.8. The second-order valence-electron chi connectivity index (χ2n) is 4.82. The maximum Gasteiger partial charge on any atom is 0.269 e. The fraction of sp³-hybridized carbons (Fsp3) is 0.500. The lowest BCUT2D eigenvalue weighted by Crippen LogP contribution is -2.40. The van der Waals surface area contributed by atoms with Gasteiger partial charge in [-0.1, -0.05) is 12.1 Å². The number of sulfonamides is 1. The second-order valence-corrected chi connectivity index (χ2v) is 6.74. The quantitative estimate of drug-likeness (QED) is 0.644. The summed E-state index contributed by atoms with van der Waals surface area (Å²) in [6.45, 7) is 0.816. The van der Waals surface area contributed by atoms with Crippen LogP contribution in [-0.2, 0) is 15.8 Å². The fourth-order valence-electron chi connectivity index (χ4n) is 2.42. The number of nitro benzene ring substituents is 1. The molecule has 1 aromatic carbocycles. The van der Waals surface area contributed by atoms with Gasteiger partial charge in [-0.2, -0.15) is 4.31 Å². The molecular weight excluding hydrogens is 318 g/mol. The van der Waals surface area contributed by atoms with E-state index in [0.717, 1.165) is 12.8 Å². The summed E-state index contributed by atoms with van der Waals surface area (Å²) in [5.74, 6) is -0.151. The summed E-state index contributed by atoms with van der Waals surface area (Å²) in [5.41, 5.74) is 6.08.